The van der Waals surface area contributed by atoms with Gasteiger partial charge < -0.3 is 5.73 Å². The molecule has 0 bridgehead atoms. The fraction of sp³-hybridized carbons (Fsp3) is 0.143. The third kappa shape index (κ3) is 2.04. The van der Waals surface area contributed by atoms with Crippen LogP contribution in [-0.2, 0) is 0 Å². The van der Waals surface area contributed by atoms with Gasteiger partial charge in [-0.05, 0) is 31.2 Å². The van der Waals surface area contributed by atoms with E-state index in [9.17, 15) is 8.78 Å². The summed E-state index contributed by atoms with van der Waals surface area (Å²) >= 11 is 0. The second-order valence-corrected chi connectivity index (χ2v) is 4.55. The Labute approximate surface area is 113 Å². The van der Waals surface area contributed by atoms with E-state index in [1.165, 1.54) is 24.3 Å². The SMILES string of the molecule is CC(N)c1nc2ccc(F)cc2n1-c1cccc(F)n1. The number of fused-ring (bicyclic) bond motifs is 1. The van der Waals surface area contributed by atoms with E-state index in [4.69, 9.17) is 5.73 Å². The van der Waals surface area contributed by atoms with E-state index < -0.39 is 17.8 Å². The van der Waals surface area contributed by atoms with Crippen LogP contribution in [0, 0.1) is 11.8 Å². The highest BCUT2D eigenvalue weighted by molar-refractivity contribution is 5.78. The van der Waals surface area contributed by atoms with E-state index in [2.05, 4.69) is 9.97 Å². The Morgan fingerprint density at radius 3 is 2.65 bits per heavy atom. The summed E-state index contributed by atoms with van der Waals surface area (Å²) in [6.07, 6.45) is 0. The van der Waals surface area contributed by atoms with E-state index in [1.54, 1.807) is 23.6 Å². The Bertz CT molecular complexity index is 780. The topological polar surface area (TPSA) is 56.7 Å². The number of aromatic nitrogens is 3. The molecule has 20 heavy (non-hydrogen) atoms. The molecule has 3 aromatic rings. The lowest BCUT2D eigenvalue weighted by molar-refractivity contribution is 0.578. The Kier molecular flexibility index (Phi) is 2.94. The van der Waals surface area contributed by atoms with Crippen LogP contribution in [0.25, 0.3) is 16.9 Å². The summed E-state index contributed by atoms with van der Waals surface area (Å²) in [5, 5.41) is 0. The first-order valence-corrected chi connectivity index (χ1v) is 6.12. The van der Waals surface area contributed by atoms with E-state index in [0.29, 0.717) is 22.7 Å². The first-order chi connectivity index (χ1) is 9.56. The van der Waals surface area contributed by atoms with Gasteiger partial charge in [-0.25, -0.2) is 14.4 Å². The fourth-order valence-corrected chi connectivity index (χ4v) is 2.14. The zero-order valence-corrected chi connectivity index (χ0v) is 10.7. The van der Waals surface area contributed by atoms with Crippen LogP contribution >= 0.6 is 0 Å². The van der Waals surface area contributed by atoms with E-state index >= 15 is 0 Å². The highest BCUT2D eigenvalue weighted by atomic mass is 19.1. The number of rotatable bonds is 2. The molecule has 6 heteroatoms. The summed E-state index contributed by atoms with van der Waals surface area (Å²) < 4.78 is 28.4. The van der Waals surface area contributed by atoms with E-state index in [-0.39, 0.29) is 0 Å². The highest BCUT2D eigenvalue weighted by Crippen LogP contribution is 2.24. The zero-order valence-electron chi connectivity index (χ0n) is 10.7. The second kappa shape index (κ2) is 4.64. The molecule has 0 aliphatic carbocycles. The molecule has 1 aromatic carbocycles. The monoisotopic (exact) mass is 274 g/mol. The van der Waals surface area contributed by atoms with Crippen molar-refractivity contribution in [2.24, 2.45) is 5.73 Å². The number of halogens is 2. The minimum Gasteiger partial charge on any atom is -0.322 e. The van der Waals surface area contributed by atoms with Gasteiger partial charge in [-0.15, -0.1) is 0 Å². The maximum atomic E-state index is 13.5. The van der Waals surface area contributed by atoms with Gasteiger partial charge in [0, 0.05) is 6.07 Å². The number of hydrogen-bond acceptors (Lipinski definition) is 3. The molecule has 4 nitrogen and oxygen atoms in total. The molecule has 0 spiro atoms. The molecule has 102 valence electrons. The van der Waals surface area contributed by atoms with Gasteiger partial charge in [0.1, 0.15) is 17.5 Å². The van der Waals surface area contributed by atoms with Crippen LogP contribution in [0.5, 0.6) is 0 Å². The molecule has 0 saturated carbocycles. The van der Waals surface area contributed by atoms with Crippen molar-refractivity contribution in [3.8, 4) is 5.82 Å². The van der Waals surface area contributed by atoms with Crippen molar-refractivity contribution >= 4 is 11.0 Å². The largest absolute Gasteiger partial charge is 0.322 e. The molecule has 1 unspecified atom stereocenters. The molecule has 2 heterocycles. The van der Waals surface area contributed by atoms with Gasteiger partial charge in [-0.1, -0.05) is 6.07 Å². The van der Waals surface area contributed by atoms with Gasteiger partial charge in [-0.3, -0.25) is 4.57 Å². The molecular formula is C14H12F2N4. The van der Waals surface area contributed by atoms with Crippen LogP contribution in [0.15, 0.2) is 36.4 Å². The lowest BCUT2D eigenvalue weighted by Crippen LogP contribution is -2.13. The van der Waals surface area contributed by atoms with Crippen molar-refractivity contribution in [3.05, 3.63) is 54.0 Å². The van der Waals surface area contributed by atoms with Gasteiger partial charge in [-0.2, -0.15) is 4.39 Å². The Hall–Kier alpha value is -2.34. The first-order valence-electron chi connectivity index (χ1n) is 6.12. The molecule has 0 amide bonds. The maximum absolute atomic E-state index is 13.5. The van der Waals surface area contributed by atoms with Crippen LogP contribution in [0.1, 0.15) is 18.8 Å². The van der Waals surface area contributed by atoms with Gasteiger partial charge in [0.2, 0.25) is 5.95 Å². The van der Waals surface area contributed by atoms with Crippen LogP contribution in [-0.4, -0.2) is 14.5 Å². The number of nitrogens with zero attached hydrogens (tertiary/aromatic N) is 3. The predicted molar refractivity (Wildman–Crippen MR) is 71.4 cm³/mol. The minimum absolute atomic E-state index is 0.324. The minimum atomic E-state index is -0.614. The van der Waals surface area contributed by atoms with Crippen LogP contribution in [0.4, 0.5) is 8.78 Å². The zero-order chi connectivity index (χ0) is 14.3. The molecule has 0 fully saturated rings. The summed E-state index contributed by atoms with van der Waals surface area (Å²) in [7, 11) is 0. The summed E-state index contributed by atoms with van der Waals surface area (Å²) in [6, 6.07) is 8.23. The first kappa shape index (κ1) is 12.7. The second-order valence-electron chi connectivity index (χ2n) is 4.55. The Balaban J connectivity index is 2.36. The van der Waals surface area contributed by atoms with Crippen molar-refractivity contribution in [1.82, 2.24) is 14.5 Å². The molecular weight excluding hydrogens is 262 g/mol. The van der Waals surface area contributed by atoms with Gasteiger partial charge in [0.15, 0.2) is 0 Å². The molecule has 0 aliphatic rings. The van der Waals surface area contributed by atoms with Crippen LogP contribution in [0.3, 0.4) is 0 Å². The van der Waals surface area contributed by atoms with E-state index in [1.807, 2.05) is 0 Å². The summed E-state index contributed by atoms with van der Waals surface area (Å²) in [5.41, 5.74) is 6.99. The van der Waals surface area contributed by atoms with Gasteiger partial charge in [0.05, 0.1) is 17.1 Å². The number of benzene rings is 1. The maximum Gasteiger partial charge on any atom is 0.214 e. The highest BCUT2D eigenvalue weighted by Gasteiger charge is 2.17. The van der Waals surface area contributed by atoms with Crippen molar-refractivity contribution in [3.63, 3.8) is 0 Å². The molecule has 0 radical (unpaired) electrons. The van der Waals surface area contributed by atoms with Crippen LogP contribution < -0.4 is 5.73 Å². The van der Waals surface area contributed by atoms with Gasteiger partial charge >= 0.3 is 0 Å². The number of hydrogen-bond donors (Lipinski definition) is 1. The Morgan fingerprint density at radius 1 is 1.15 bits per heavy atom. The van der Waals surface area contributed by atoms with Crippen molar-refractivity contribution < 1.29 is 8.78 Å². The summed E-state index contributed by atoms with van der Waals surface area (Å²) in [4.78, 5) is 8.18. The van der Waals surface area contributed by atoms with Crippen LogP contribution in [0.2, 0.25) is 0 Å². The summed E-state index contributed by atoms with van der Waals surface area (Å²) in [6.45, 7) is 1.76. The Morgan fingerprint density at radius 2 is 1.95 bits per heavy atom. The lowest BCUT2D eigenvalue weighted by Gasteiger charge is -2.10. The van der Waals surface area contributed by atoms with Crippen molar-refractivity contribution in [1.29, 1.82) is 0 Å². The molecule has 0 aliphatic heterocycles. The number of pyridine rings is 1. The predicted octanol–water partition coefficient (Wildman–Crippen LogP) is 2.72. The number of imidazole rings is 1. The normalized spacial score (nSPS) is 12.8. The third-order valence-electron chi connectivity index (χ3n) is 2.98. The van der Waals surface area contributed by atoms with Crippen molar-refractivity contribution in [2.45, 2.75) is 13.0 Å². The lowest BCUT2D eigenvalue weighted by atomic mass is 10.3. The van der Waals surface area contributed by atoms with Gasteiger partial charge in [0.25, 0.3) is 0 Å². The summed E-state index contributed by atoms with van der Waals surface area (Å²) in [5.74, 6) is -0.184. The standard InChI is InChI=1S/C14H12F2N4/c1-8(17)14-18-10-6-5-9(15)7-11(10)20(14)13-4-2-3-12(16)19-13/h2-8H,17H2,1H3. The fourth-order valence-electron chi connectivity index (χ4n) is 2.14. The molecule has 2 N–H and O–H groups in total. The van der Waals surface area contributed by atoms with Crippen molar-refractivity contribution in [2.75, 3.05) is 0 Å². The molecule has 0 saturated heterocycles. The number of nitrogens with two attached hydrogens (primary N) is 1. The third-order valence-corrected chi connectivity index (χ3v) is 2.98. The average Bonchev–Trinajstić information content (AvgIpc) is 2.77. The quantitative estimate of drug-likeness (QED) is 0.731. The molecule has 1 atom stereocenters. The molecule has 2 aromatic heterocycles. The average molecular weight is 274 g/mol. The smallest absolute Gasteiger partial charge is 0.214 e. The molecule has 3 rings (SSSR count). The van der Waals surface area contributed by atoms with E-state index in [0.717, 1.165) is 0 Å².